The molecule has 0 saturated carbocycles. The summed E-state index contributed by atoms with van der Waals surface area (Å²) < 4.78 is 72.3. The maximum Gasteiger partial charge on any atom is 0.435 e. The summed E-state index contributed by atoms with van der Waals surface area (Å²) in [5, 5.41) is 15.7. The number of hydrogen-bond acceptors (Lipinski definition) is 5. The smallest absolute Gasteiger partial charge is 0.377 e. The van der Waals surface area contributed by atoms with Crippen molar-refractivity contribution in [1.82, 2.24) is 5.01 Å². The number of rotatable bonds is 5. The van der Waals surface area contributed by atoms with Crippen LogP contribution in [0.3, 0.4) is 0 Å². The number of nitriles is 1. The number of nitrogens with zero attached hydrogens (tertiary/aromatic N) is 6. The number of aromatic nitrogens is 1. The molecule has 0 N–H and O–H groups in total. The zero-order chi connectivity index (χ0) is 31.6. The van der Waals surface area contributed by atoms with Gasteiger partial charge < -0.3 is 4.90 Å². The molecule has 0 spiro atoms. The van der Waals surface area contributed by atoms with Crippen molar-refractivity contribution in [1.29, 1.82) is 5.26 Å². The minimum absolute atomic E-state index is 0.0627. The summed E-state index contributed by atoms with van der Waals surface area (Å²) in [6.07, 6.45) is -1.32. The Balaban J connectivity index is 1.67. The van der Waals surface area contributed by atoms with Gasteiger partial charge in [0.25, 0.3) is 0 Å². The van der Waals surface area contributed by atoms with Gasteiger partial charge in [0.05, 0.1) is 41.2 Å². The number of hydrazone groups is 1. The predicted octanol–water partition coefficient (Wildman–Crippen LogP) is 5.42. The molecule has 0 saturated heterocycles. The fourth-order valence-corrected chi connectivity index (χ4v) is 5.93. The first-order valence-electron chi connectivity index (χ1n) is 13.5. The Morgan fingerprint density at radius 3 is 2.11 bits per heavy atom. The monoisotopic (exact) mass is 617 g/mol. The molecule has 3 aromatic carbocycles. The van der Waals surface area contributed by atoms with Crippen LogP contribution in [-0.4, -0.2) is 45.2 Å². The lowest BCUT2D eigenvalue weighted by Crippen LogP contribution is -2.53. The molecular weight excluding hydrogens is 589 g/mol. The molecule has 2 unspecified atom stereocenters. The van der Waals surface area contributed by atoms with Crippen molar-refractivity contribution in [3.8, 4) is 6.07 Å². The van der Waals surface area contributed by atoms with Gasteiger partial charge in [0.15, 0.2) is 0 Å². The van der Waals surface area contributed by atoms with Crippen molar-refractivity contribution >= 4 is 27.4 Å². The summed E-state index contributed by atoms with van der Waals surface area (Å²) in [4.78, 5) is 1.49. The van der Waals surface area contributed by atoms with Crippen molar-refractivity contribution in [3.63, 3.8) is 0 Å². The molecule has 12 heteroatoms. The summed E-state index contributed by atoms with van der Waals surface area (Å²) in [5.74, 6) is -0.378. The normalized spacial score (nSPS) is 17.2. The fraction of sp³-hybridized carbons (Fsp3) is 0.188. The summed E-state index contributed by atoms with van der Waals surface area (Å²) >= 11 is 0. The Kier molecular flexibility index (Phi) is 8.25. The van der Waals surface area contributed by atoms with Gasteiger partial charge in [0.1, 0.15) is 10.9 Å². The van der Waals surface area contributed by atoms with Crippen LogP contribution in [0.5, 0.6) is 0 Å². The molecule has 0 fully saturated rings. The van der Waals surface area contributed by atoms with Crippen LogP contribution in [0.2, 0.25) is 0 Å². The maximum atomic E-state index is 13.6. The Hall–Kier alpha value is -5.02. The third-order valence-corrected chi connectivity index (χ3v) is 8.56. The lowest BCUT2D eigenvalue weighted by molar-refractivity contribution is -0.565. The topological polar surface area (TPSA) is 93.0 Å². The van der Waals surface area contributed by atoms with Gasteiger partial charge >= 0.3 is 22.2 Å². The molecule has 1 aromatic heterocycles. The molecule has 224 valence electrons. The average molecular weight is 618 g/mol. The zero-order valence-electron chi connectivity index (χ0n) is 24.0. The van der Waals surface area contributed by atoms with E-state index in [-0.39, 0.29) is 11.9 Å². The molecule has 0 radical (unpaired) electrons. The average Bonchev–Trinajstić information content (AvgIpc) is 3.36. The SMILES string of the molecule is CC1C(c2ccccc2)C(c2ccc(C#N)cc2)=NN1C(=NS(=O)(=O)c1ccc(C(F)(F)F)cc1)[n+]1ccc(N(C)C)cc1. The number of halogens is 3. The predicted molar refractivity (Wildman–Crippen MR) is 161 cm³/mol. The van der Waals surface area contributed by atoms with Gasteiger partial charge in [-0.2, -0.15) is 26.9 Å². The van der Waals surface area contributed by atoms with Crippen LogP contribution in [-0.2, 0) is 16.2 Å². The van der Waals surface area contributed by atoms with Crippen LogP contribution in [0.4, 0.5) is 18.9 Å². The third-order valence-electron chi connectivity index (χ3n) is 7.29. The van der Waals surface area contributed by atoms with E-state index < -0.39 is 32.7 Å². The second kappa shape index (κ2) is 11.9. The molecule has 8 nitrogen and oxygen atoms in total. The second-order valence-electron chi connectivity index (χ2n) is 10.4. The van der Waals surface area contributed by atoms with Crippen molar-refractivity contribution in [2.75, 3.05) is 19.0 Å². The van der Waals surface area contributed by atoms with Gasteiger partial charge in [0.2, 0.25) is 0 Å². The van der Waals surface area contributed by atoms with Crippen LogP contribution < -0.4 is 9.47 Å². The minimum Gasteiger partial charge on any atom is -0.377 e. The van der Waals surface area contributed by atoms with Crippen LogP contribution >= 0.6 is 0 Å². The zero-order valence-corrected chi connectivity index (χ0v) is 24.8. The highest BCUT2D eigenvalue weighted by Crippen LogP contribution is 2.35. The first kappa shape index (κ1) is 30.4. The first-order chi connectivity index (χ1) is 20.9. The van der Waals surface area contributed by atoms with E-state index in [1.165, 1.54) is 9.58 Å². The standard InChI is InChI=1S/C32H28F3N6O2S/c1-22-29(24-7-5-4-6-8-24)30(25-11-9-23(21-36)10-12-25)37-41(22)31(40-19-17-27(18-20-40)39(2)3)38-44(42,43)28-15-13-26(14-16-28)32(33,34)35/h4-20,22,29H,1-3H3/q+1. The fourth-order valence-electron chi connectivity index (χ4n) is 4.95. The highest BCUT2D eigenvalue weighted by Gasteiger charge is 2.45. The van der Waals surface area contributed by atoms with Crippen molar-refractivity contribution in [3.05, 3.63) is 126 Å². The molecule has 2 atom stereocenters. The van der Waals surface area contributed by atoms with Crippen molar-refractivity contribution in [2.24, 2.45) is 9.50 Å². The minimum atomic E-state index is -4.62. The summed E-state index contributed by atoms with van der Waals surface area (Å²) in [6.45, 7) is 1.90. The molecule has 5 rings (SSSR count). The van der Waals surface area contributed by atoms with Crippen LogP contribution in [0.25, 0.3) is 0 Å². The van der Waals surface area contributed by atoms with E-state index in [0.717, 1.165) is 28.9 Å². The summed E-state index contributed by atoms with van der Waals surface area (Å²) in [6, 6.07) is 25.0. The molecule has 0 bridgehead atoms. The van der Waals surface area contributed by atoms with E-state index in [9.17, 15) is 26.9 Å². The van der Waals surface area contributed by atoms with Gasteiger partial charge in [-0.25, -0.2) is 4.57 Å². The van der Waals surface area contributed by atoms with Crippen molar-refractivity contribution < 1.29 is 26.2 Å². The van der Waals surface area contributed by atoms with Gasteiger partial charge in [-0.15, -0.1) is 10.1 Å². The van der Waals surface area contributed by atoms with E-state index in [0.29, 0.717) is 23.4 Å². The highest BCUT2D eigenvalue weighted by molar-refractivity contribution is 7.90. The Morgan fingerprint density at radius 2 is 1.57 bits per heavy atom. The summed E-state index contributed by atoms with van der Waals surface area (Å²) in [7, 11) is -0.756. The number of sulfonamides is 1. The molecule has 0 amide bonds. The number of anilines is 1. The maximum absolute atomic E-state index is 13.6. The molecule has 4 aromatic rings. The van der Waals surface area contributed by atoms with Gasteiger partial charge in [-0.1, -0.05) is 42.5 Å². The largest absolute Gasteiger partial charge is 0.435 e. The molecule has 2 heterocycles. The Labute approximate surface area is 253 Å². The van der Waals surface area contributed by atoms with Crippen LogP contribution in [0, 0.1) is 11.3 Å². The van der Waals surface area contributed by atoms with Gasteiger partial charge in [-0.3, -0.25) is 0 Å². The van der Waals surface area contributed by atoms with Gasteiger partial charge in [-0.05, 0) is 66.6 Å². The third kappa shape index (κ3) is 6.18. The van der Waals surface area contributed by atoms with Crippen LogP contribution in [0.1, 0.15) is 35.1 Å². The lowest BCUT2D eigenvalue weighted by atomic mass is 9.85. The molecular formula is C32H28F3N6O2S+. The first-order valence-corrected chi connectivity index (χ1v) is 15.0. The Bertz CT molecular complexity index is 1850. The number of alkyl halides is 3. The molecule has 44 heavy (non-hydrogen) atoms. The van der Waals surface area contributed by atoms with Crippen LogP contribution in [0.15, 0.2) is 118 Å². The van der Waals surface area contributed by atoms with Crippen molar-refractivity contribution in [2.45, 2.75) is 30.0 Å². The quantitative estimate of drug-likeness (QED) is 0.170. The second-order valence-corrected chi connectivity index (χ2v) is 12.0. The van der Waals surface area contributed by atoms with E-state index in [2.05, 4.69) is 10.5 Å². The molecule has 1 aliphatic rings. The van der Waals surface area contributed by atoms with E-state index in [1.807, 2.05) is 56.3 Å². The number of pyridine rings is 1. The lowest BCUT2D eigenvalue weighted by Gasteiger charge is -2.21. The molecule has 1 aliphatic heterocycles. The highest BCUT2D eigenvalue weighted by atomic mass is 32.2. The van der Waals surface area contributed by atoms with E-state index >= 15 is 0 Å². The van der Waals surface area contributed by atoms with Gasteiger partial charge in [0, 0.05) is 24.2 Å². The van der Waals surface area contributed by atoms with E-state index in [1.54, 1.807) is 48.8 Å². The summed E-state index contributed by atoms with van der Waals surface area (Å²) in [5.41, 5.74) is 2.68. The molecule has 0 aliphatic carbocycles. The number of hydrogen-bond donors (Lipinski definition) is 0. The van der Waals surface area contributed by atoms with E-state index in [4.69, 9.17) is 5.10 Å². The number of benzene rings is 3. The Morgan fingerprint density at radius 1 is 0.955 bits per heavy atom.